The van der Waals surface area contributed by atoms with Gasteiger partial charge in [0.25, 0.3) is 0 Å². The number of methoxy groups -OCH3 is 1. The predicted molar refractivity (Wildman–Crippen MR) is 88.4 cm³/mol. The number of nitrogens with zero attached hydrogens (tertiary/aromatic N) is 1. The van der Waals surface area contributed by atoms with Crippen molar-refractivity contribution < 1.29 is 9.47 Å². The van der Waals surface area contributed by atoms with E-state index < -0.39 is 0 Å². The molecule has 0 unspecified atom stereocenters. The predicted octanol–water partition coefficient (Wildman–Crippen LogP) is 5.25. The van der Waals surface area contributed by atoms with Crippen LogP contribution in [0.5, 0.6) is 17.4 Å². The summed E-state index contributed by atoms with van der Waals surface area (Å²) in [4.78, 5) is 4.30. The highest BCUT2D eigenvalue weighted by Gasteiger charge is 2.20. The minimum atomic E-state index is -0.0473. The summed E-state index contributed by atoms with van der Waals surface area (Å²) in [5.74, 6) is 2.22. The number of hydrogen-bond donors (Lipinski definition) is 0. The van der Waals surface area contributed by atoms with Crippen molar-refractivity contribution in [3.8, 4) is 17.4 Å². The first-order valence-electron chi connectivity index (χ1n) is 6.80. The quantitative estimate of drug-likeness (QED) is 0.758. The lowest BCUT2D eigenvalue weighted by atomic mass is 9.86. The first-order chi connectivity index (χ1) is 9.81. The van der Waals surface area contributed by atoms with Crippen molar-refractivity contribution in [2.45, 2.75) is 33.1 Å². The lowest BCUT2D eigenvalue weighted by molar-refractivity contribution is 0.405. The fraction of sp³-hybridized carbons (Fsp3) is 0.353. The SMILES string of the molecule is COc1ccc(Oc2cc(C)c(Br)cn2)c(C(C)(C)C)c1. The van der Waals surface area contributed by atoms with E-state index in [1.54, 1.807) is 13.3 Å². The summed E-state index contributed by atoms with van der Waals surface area (Å²) in [5.41, 5.74) is 2.13. The molecule has 0 radical (unpaired) electrons. The Morgan fingerprint density at radius 1 is 1.14 bits per heavy atom. The molecule has 0 N–H and O–H groups in total. The fourth-order valence-corrected chi connectivity index (χ4v) is 2.21. The van der Waals surface area contributed by atoms with Crippen molar-refractivity contribution in [3.63, 3.8) is 0 Å². The van der Waals surface area contributed by atoms with Gasteiger partial charge in [0.2, 0.25) is 5.88 Å². The van der Waals surface area contributed by atoms with Gasteiger partial charge in [-0.05, 0) is 52.0 Å². The van der Waals surface area contributed by atoms with E-state index in [1.165, 1.54) is 0 Å². The third-order valence-corrected chi connectivity index (χ3v) is 4.06. The smallest absolute Gasteiger partial charge is 0.219 e. The zero-order valence-corrected chi connectivity index (χ0v) is 14.6. The minimum absolute atomic E-state index is 0.0473. The molecule has 1 aromatic carbocycles. The number of hydrogen-bond acceptors (Lipinski definition) is 3. The van der Waals surface area contributed by atoms with Crippen molar-refractivity contribution in [2.75, 3.05) is 7.11 Å². The van der Waals surface area contributed by atoms with Crippen molar-refractivity contribution in [2.24, 2.45) is 0 Å². The second-order valence-corrected chi connectivity index (χ2v) is 6.84. The van der Waals surface area contributed by atoms with E-state index in [-0.39, 0.29) is 5.41 Å². The lowest BCUT2D eigenvalue weighted by Crippen LogP contribution is -2.13. The molecule has 2 rings (SSSR count). The Morgan fingerprint density at radius 2 is 1.86 bits per heavy atom. The van der Waals surface area contributed by atoms with E-state index in [4.69, 9.17) is 9.47 Å². The van der Waals surface area contributed by atoms with Gasteiger partial charge in [-0.3, -0.25) is 0 Å². The molecule has 0 spiro atoms. The molecule has 0 saturated heterocycles. The Hall–Kier alpha value is -1.55. The zero-order valence-electron chi connectivity index (χ0n) is 13.0. The summed E-state index contributed by atoms with van der Waals surface area (Å²) in [7, 11) is 1.67. The van der Waals surface area contributed by atoms with Crippen LogP contribution >= 0.6 is 15.9 Å². The van der Waals surface area contributed by atoms with Gasteiger partial charge in [0, 0.05) is 22.3 Å². The standard InChI is InChI=1S/C17H20BrNO2/c1-11-8-16(19-10-14(11)18)21-15-7-6-12(20-5)9-13(15)17(2,3)4/h6-10H,1-5H3. The average Bonchev–Trinajstić information content (AvgIpc) is 2.42. The van der Waals surface area contributed by atoms with E-state index in [0.717, 1.165) is 27.1 Å². The zero-order chi connectivity index (χ0) is 15.6. The highest BCUT2D eigenvalue weighted by atomic mass is 79.9. The maximum absolute atomic E-state index is 5.98. The van der Waals surface area contributed by atoms with Crippen LogP contribution in [0.1, 0.15) is 31.9 Å². The molecule has 112 valence electrons. The normalized spacial score (nSPS) is 11.3. The van der Waals surface area contributed by atoms with E-state index in [0.29, 0.717) is 5.88 Å². The first kappa shape index (κ1) is 15.8. The molecule has 0 saturated carbocycles. The summed E-state index contributed by atoms with van der Waals surface area (Å²) < 4.78 is 12.3. The van der Waals surface area contributed by atoms with Gasteiger partial charge in [-0.15, -0.1) is 0 Å². The van der Waals surface area contributed by atoms with E-state index in [9.17, 15) is 0 Å². The molecule has 0 aliphatic rings. The van der Waals surface area contributed by atoms with E-state index in [2.05, 4.69) is 41.7 Å². The monoisotopic (exact) mass is 349 g/mol. The lowest BCUT2D eigenvalue weighted by Gasteiger charge is -2.23. The molecular weight excluding hydrogens is 330 g/mol. The third-order valence-electron chi connectivity index (χ3n) is 3.23. The van der Waals surface area contributed by atoms with Crippen molar-refractivity contribution in [1.82, 2.24) is 4.98 Å². The van der Waals surface area contributed by atoms with Gasteiger partial charge in [0.05, 0.1) is 7.11 Å². The largest absolute Gasteiger partial charge is 0.497 e. The van der Waals surface area contributed by atoms with Crippen LogP contribution in [0.3, 0.4) is 0 Å². The van der Waals surface area contributed by atoms with Gasteiger partial charge >= 0.3 is 0 Å². The van der Waals surface area contributed by atoms with Crippen molar-refractivity contribution in [1.29, 1.82) is 0 Å². The van der Waals surface area contributed by atoms with Crippen LogP contribution in [0, 0.1) is 6.92 Å². The van der Waals surface area contributed by atoms with Crippen LogP contribution in [0.4, 0.5) is 0 Å². The number of rotatable bonds is 3. The van der Waals surface area contributed by atoms with Crippen LogP contribution in [-0.4, -0.2) is 12.1 Å². The van der Waals surface area contributed by atoms with Crippen LogP contribution < -0.4 is 9.47 Å². The van der Waals surface area contributed by atoms with Gasteiger partial charge < -0.3 is 9.47 Å². The molecule has 0 aliphatic carbocycles. The summed E-state index contributed by atoms with van der Waals surface area (Å²) in [6.45, 7) is 8.45. The van der Waals surface area contributed by atoms with Crippen molar-refractivity contribution in [3.05, 3.63) is 46.1 Å². The second-order valence-electron chi connectivity index (χ2n) is 5.99. The summed E-state index contributed by atoms with van der Waals surface area (Å²) in [5, 5.41) is 0. The molecule has 1 aromatic heterocycles. The molecule has 1 heterocycles. The van der Waals surface area contributed by atoms with Crippen LogP contribution in [0.2, 0.25) is 0 Å². The number of ether oxygens (including phenoxy) is 2. The topological polar surface area (TPSA) is 31.4 Å². The van der Waals surface area contributed by atoms with Crippen LogP contribution in [0.25, 0.3) is 0 Å². The summed E-state index contributed by atoms with van der Waals surface area (Å²) >= 11 is 3.45. The Morgan fingerprint density at radius 3 is 2.43 bits per heavy atom. The summed E-state index contributed by atoms with van der Waals surface area (Å²) in [6.07, 6.45) is 1.75. The maximum Gasteiger partial charge on any atom is 0.219 e. The van der Waals surface area contributed by atoms with Gasteiger partial charge in [-0.2, -0.15) is 0 Å². The van der Waals surface area contributed by atoms with Gasteiger partial charge in [-0.1, -0.05) is 20.8 Å². The molecule has 3 nitrogen and oxygen atoms in total. The van der Waals surface area contributed by atoms with Crippen LogP contribution in [0.15, 0.2) is 34.9 Å². The average molecular weight is 350 g/mol. The third kappa shape index (κ3) is 3.76. The number of benzene rings is 1. The molecule has 0 aliphatic heterocycles. The van der Waals surface area contributed by atoms with Crippen molar-refractivity contribution >= 4 is 15.9 Å². The number of aromatic nitrogens is 1. The minimum Gasteiger partial charge on any atom is -0.497 e. The molecule has 0 atom stereocenters. The maximum atomic E-state index is 5.98. The van der Waals surface area contributed by atoms with Gasteiger partial charge in [0.15, 0.2) is 0 Å². The Balaban J connectivity index is 2.41. The Kier molecular flexibility index (Phi) is 4.57. The van der Waals surface area contributed by atoms with E-state index >= 15 is 0 Å². The molecule has 0 bridgehead atoms. The molecule has 0 amide bonds. The van der Waals surface area contributed by atoms with Gasteiger partial charge in [-0.25, -0.2) is 4.98 Å². The molecule has 21 heavy (non-hydrogen) atoms. The molecule has 0 fully saturated rings. The highest BCUT2D eigenvalue weighted by molar-refractivity contribution is 9.10. The van der Waals surface area contributed by atoms with Gasteiger partial charge in [0.1, 0.15) is 11.5 Å². The molecule has 2 aromatic rings. The number of aryl methyl sites for hydroxylation is 1. The second kappa shape index (κ2) is 6.06. The fourth-order valence-electron chi connectivity index (χ4n) is 1.99. The highest BCUT2D eigenvalue weighted by Crippen LogP contribution is 2.36. The number of halogens is 1. The molecule has 4 heteroatoms. The Bertz CT molecular complexity index is 648. The van der Waals surface area contributed by atoms with E-state index in [1.807, 2.05) is 31.2 Å². The number of pyridine rings is 1. The van der Waals surface area contributed by atoms with Crippen LogP contribution in [-0.2, 0) is 5.41 Å². The molecular formula is C17H20BrNO2. The Labute approximate surface area is 134 Å². The summed E-state index contributed by atoms with van der Waals surface area (Å²) in [6, 6.07) is 7.76. The first-order valence-corrected chi connectivity index (χ1v) is 7.59.